The molecule has 2 heteroatoms. The van der Waals surface area contributed by atoms with Gasteiger partial charge in [0.2, 0.25) is 0 Å². The minimum absolute atomic E-state index is 0.509. The number of nitrogens with zero attached hydrogens (tertiary/aromatic N) is 2. The van der Waals surface area contributed by atoms with Crippen LogP contribution in [0, 0.1) is 0 Å². The van der Waals surface area contributed by atoms with Gasteiger partial charge in [-0.05, 0) is 30.2 Å². The van der Waals surface area contributed by atoms with Gasteiger partial charge in [-0.2, -0.15) is 0 Å². The zero-order valence-electron chi connectivity index (χ0n) is 10.5. The molecule has 2 aromatic rings. The van der Waals surface area contributed by atoms with E-state index in [1.165, 1.54) is 11.1 Å². The molecule has 0 spiro atoms. The molecule has 2 aromatic heterocycles. The van der Waals surface area contributed by atoms with Gasteiger partial charge in [0.05, 0.1) is 0 Å². The molecule has 0 N–H and O–H groups in total. The maximum atomic E-state index is 4.06. The summed E-state index contributed by atoms with van der Waals surface area (Å²) in [7, 11) is 0. The highest BCUT2D eigenvalue weighted by Crippen LogP contribution is 2.13. The predicted octanol–water partition coefficient (Wildman–Crippen LogP) is 2.74. The van der Waals surface area contributed by atoms with Gasteiger partial charge in [-0.3, -0.25) is 4.98 Å². The highest BCUT2D eigenvalue weighted by molar-refractivity contribution is 5.14. The molecule has 17 heavy (non-hydrogen) atoms. The van der Waals surface area contributed by atoms with Gasteiger partial charge in [0.25, 0.3) is 0 Å². The minimum Gasteiger partial charge on any atom is -0.265 e. The van der Waals surface area contributed by atoms with Gasteiger partial charge in [-0.15, -0.1) is 0 Å². The Hall–Kier alpha value is -1.70. The second kappa shape index (κ2) is 5.58. The lowest BCUT2D eigenvalue weighted by Crippen LogP contribution is -2.35. The summed E-state index contributed by atoms with van der Waals surface area (Å²) in [5.41, 5.74) is 2.73. The zero-order chi connectivity index (χ0) is 12.1. The summed E-state index contributed by atoms with van der Waals surface area (Å²) in [5.74, 6) is 0.509. The first-order valence-electron chi connectivity index (χ1n) is 6.17. The van der Waals surface area contributed by atoms with Crippen LogP contribution >= 0.6 is 0 Å². The maximum absolute atomic E-state index is 4.06. The third-order valence-electron chi connectivity index (χ3n) is 3.09. The van der Waals surface area contributed by atoms with Crippen molar-refractivity contribution < 1.29 is 4.57 Å². The summed E-state index contributed by atoms with van der Waals surface area (Å²) < 4.78 is 2.27. The molecule has 0 aliphatic carbocycles. The molecule has 0 saturated carbocycles. The molecule has 0 fully saturated rings. The summed E-state index contributed by atoms with van der Waals surface area (Å²) in [6, 6.07) is 8.48. The lowest BCUT2D eigenvalue weighted by molar-refractivity contribution is -0.699. The fourth-order valence-corrected chi connectivity index (χ4v) is 2.01. The molecule has 88 valence electrons. The smallest absolute Gasteiger partial charge is 0.171 e. The number of aryl methyl sites for hydroxylation is 1. The Morgan fingerprint density at radius 1 is 1.24 bits per heavy atom. The number of hydrogen-bond donors (Lipinski definition) is 0. The third-order valence-corrected chi connectivity index (χ3v) is 3.09. The average Bonchev–Trinajstić information content (AvgIpc) is 2.40. The van der Waals surface area contributed by atoms with Gasteiger partial charge in [0, 0.05) is 29.9 Å². The molecule has 1 unspecified atom stereocenters. The molecule has 0 aliphatic rings. The lowest BCUT2D eigenvalue weighted by Gasteiger charge is -2.08. The van der Waals surface area contributed by atoms with Gasteiger partial charge in [0.1, 0.15) is 0 Å². The number of hydrogen-bond acceptors (Lipinski definition) is 1. The Labute approximate surface area is 103 Å². The fraction of sp³-hybridized carbons (Fsp3) is 0.333. The second-order valence-electron chi connectivity index (χ2n) is 4.44. The highest BCUT2D eigenvalue weighted by atomic mass is 14.9. The van der Waals surface area contributed by atoms with Gasteiger partial charge in [-0.1, -0.05) is 13.8 Å². The Morgan fingerprint density at radius 3 is 2.71 bits per heavy atom. The van der Waals surface area contributed by atoms with E-state index in [0.29, 0.717) is 5.92 Å². The lowest BCUT2D eigenvalue weighted by atomic mass is 10.0. The monoisotopic (exact) mass is 227 g/mol. The Balaban J connectivity index is 2.10. The van der Waals surface area contributed by atoms with Crippen LogP contribution in [0.2, 0.25) is 0 Å². The van der Waals surface area contributed by atoms with E-state index >= 15 is 0 Å². The van der Waals surface area contributed by atoms with E-state index in [2.05, 4.69) is 60.1 Å². The van der Waals surface area contributed by atoms with Crippen LogP contribution in [0.3, 0.4) is 0 Å². The first-order chi connectivity index (χ1) is 8.29. The second-order valence-corrected chi connectivity index (χ2v) is 4.44. The van der Waals surface area contributed by atoms with Crippen molar-refractivity contribution >= 4 is 0 Å². The van der Waals surface area contributed by atoms with Crippen LogP contribution in [-0.4, -0.2) is 4.98 Å². The molecule has 2 nitrogen and oxygen atoms in total. The number of aromatic nitrogens is 2. The number of pyridine rings is 2. The van der Waals surface area contributed by atoms with Gasteiger partial charge in [0.15, 0.2) is 18.9 Å². The van der Waals surface area contributed by atoms with E-state index in [0.717, 1.165) is 13.0 Å². The highest BCUT2D eigenvalue weighted by Gasteiger charge is 2.11. The van der Waals surface area contributed by atoms with Crippen molar-refractivity contribution in [3.05, 3.63) is 60.2 Å². The summed E-state index contributed by atoms with van der Waals surface area (Å²) >= 11 is 0. The first kappa shape index (κ1) is 11.8. The van der Waals surface area contributed by atoms with E-state index in [1.807, 2.05) is 12.4 Å². The molecule has 0 radical (unpaired) electrons. The quantitative estimate of drug-likeness (QED) is 0.734. The van der Waals surface area contributed by atoms with Crippen molar-refractivity contribution in [2.75, 3.05) is 0 Å². The third kappa shape index (κ3) is 3.13. The topological polar surface area (TPSA) is 16.8 Å². The van der Waals surface area contributed by atoms with Crippen molar-refractivity contribution in [1.82, 2.24) is 4.98 Å². The van der Waals surface area contributed by atoms with Gasteiger partial charge < -0.3 is 0 Å². The van der Waals surface area contributed by atoms with E-state index in [1.54, 1.807) is 0 Å². The molecular weight excluding hydrogens is 208 g/mol. The maximum Gasteiger partial charge on any atom is 0.171 e. The molecule has 0 aliphatic heterocycles. The molecule has 0 bridgehead atoms. The normalized spacial score (nSPS) is 12.4. The Morgan fingerprint density at radius 2 is 2.00 bits per heavy atom. The molecule has 2 rings (SSSR count). The van der Waals surface area contributed by atoms with Crippen molar-refractivity contribution in [2.24, 2.45) is 0 Å². The van der Waals surface area contributed by atoms with Crippen molar-refractivity contribution in [3.8, 4) is 0 Å². The number of rotatable bonds is 4. The van der Waals surface area contributed by atoms with Crippen LogP contribution in [0.5, 0.6) is 0 Å². The van der Waals surface area contributed by atoms with Crippen molar-refractivity contribution in [3.63, 3.8) is 0 Å². The van der Waals surface area contributed by atoms with E-state index in [9.17, 15) is 0 Å². The van der Waals surface area contributed by atoms with Gasteiger partial charge >= 0.3 is 0 Å². The SMILES string of the molecule is CCc1ccc[n+](CC(C)c2ccncc2)c1. The molecule has 0 amide bonds. The molecule has 2 heterocycles. The van der Waals surface area contributed by atoms with E-state index in [-0.39, 0.29) is 0 Å². The summed E-state index contributed by atoms with van der Waals surface area (Å²) in [6.07, 6.45) is 9.18. The molecular formula is C15H19N2+. The molecule has 1 atom stereocenters. The van der Waals surface area contributed by atoms with Crippen molar-refractivity contribution in [1.29, 1.82) is 0 Å². The average molecular weight is 227 g/mol. The first-order valence-corrected chi connectivity index (χ1v) is 6.17. The van der Waals surface area contributed by atoms with Gasteiger partial charge in [-0.25, -0.2) is 4.57 Å². The molecule has 0 aromatic carbocycles. The van der Waals surface area contributed by atoms with Crippen LogP contribution in [0.1, 0.15) is 30.9 Å². The van der Waals surface area contributed by atoms with E-state index < -0.39 is 0 Å². The van der Waals surface area contributed by atoms with Crippen molar-refractivity contribution in [2.45, 2.75) is 32.7 Å². The summed E-state index contributed by atoms with van der Waals surface area (Å²) in [4.78, 5) is 4.06. The molecule has 0 saturated heterocycles. The Bertz CT molecular complexity index is 465. The van der Waals surface area contributed by atoms with Crippen LogP contribution in [-0.2, 0) is 13.0 Å². The minimum atomic E-state index is 0.509. The van der Waals surface area contributed by atoms with Crippen LogP contribution in [0.25, 0.3) is 0 Å². The Kier molecular flexibility index (Phi) is 3.86. The van der Waals surface area contributed by atoms with Crippen LogP contribution in [0.4, 0.5) is 0 Å². The predicted molar refractivity (Wildman–Crippen MR) is 68.7 cm³/mol. The summed E-state index contributed by atoms with van der Waals surface area (Å²) in [6.45, 7) is 5.45. The largest absolute Gasteiger partial charge is 0.265 e. The van der Waals surface area contributed by atoms with E-state index in [4.69, 9.17) is 0 Å². The standard InChI is InChI=1S/C15H19N2/c1-3-14-5-4-10-17(12-14)11-13(2)15-6-8-16-9-7-15/h4-10,12-13H,3,11H2,1-2H3/q+1. The summed E-state index contributed by atoms with van der Waals surface area (Å²) in [5, 5.41) is 0. The fourth-order valence-electron chi connectivity index (χ4n) is 2.01. The van der Waals surface area contributed by atoms with Crippen LogP contribution < -0.4 is 4.57 Å². The van der Waals surface area contributed by atoms with Crippen LogP contribution in [0.15, 0.2) is 49.1 Å². The zero-order valence-corrected chi connectivity index (χ0v) is 10.5.